The second-order valence-electron chi connectivity index (χ2n) is 6.60. The fourth-order valence-corrected chi connectivity index (χ4v) is 3.53. The van der Waals surface area contributed by atoms with Crippen LogP contribution in [0.2, 0.25) is 10.0 Å². The summed E-state index contributed by atoms with van der Waals surface area (Å²) in [6.07, 6.45) is 1.51. The summed E-state index contributed by atoms with van der Waals surface area (Å²) in [6, 6.07) is 14.7. The Bertz CT molecular complexity index is 1290. The standard InChI is InChI=1S/C22H14Cl2FN3O2/c1-12-3-2-4-14(9-12)21-27-19(22(29)30)20(13-5-6-17(25)16(24)10-13)28(21)18-11-15(23)7-8-26-18/h2-11H,1H3,(H,29,30). The predicted octanol–water partition coefficient (Wildman–Crippen LogP) is 6.05. The number of rotatable bonds is 4. The van der Waals surface area contributed by atoms with E-state index in [1.54, 1.807) is 16.7 Å². The number of aromatic nitrogens is 3. The molecule has 0 atom stereocenters. The number of hydrogen-bond acceptors (Lipinski definition) is 3. The highest BCUT2D eigenvalue weighted by molar-refractivity contribution is 6.31. The third kappa shape index (κ3) is 3.67. The average molecular weight is 442 g/mol. The summed E-state index contributed by atoms with van der Waals surface area (Å²) in [5.41, 5.74) is 2.06. The molecule has 0 fully saturated rings. The Kier molecular flexibility index (Phi) is 5.28. The summed E-state index contributed by atoms with van der Waals surface area (Å²) in [7, 11) is 0. The molecule has 0 aliphatic heterocycles. The molecule has 0 saturated carbocycles. The normalized spacial score (nSPS) is 10.9. The molecule has 0 saturated heterocycles. The van der Waals surface area contributed by atoms with Crippen molar-refractivity contribution in [2.24, 2.45) is 0 Å². The second-order valence-corrected chi connectivity index (χ2v) is 7.45. The third-order valence-corrected chi connectivity index (χ3v) is 5.01. The molecule has 4 aromatic rings. The van der Waals surface area contributed by atoms with Crippen LogP contribution >= 0.6 is 23.2 Å². The van der Waals surface area contributed by atoms with Gasteiger partial charge in [-0.25, -0.2) is 19.2 Å². The minimum Gasteiger partial charge on any atom is -0.476 e. The van der Waals surface area contributed by atoms with Gasteiger partial charge in [-0.1, -0.05) is 47.0 Å². The summed E-state index contributed by atoms with van der Waals surface area (Å²) in [6.45, 7) is 1.92. The maximum Gasteiger partial charge on any atom is 0.356 e. The lowest BCUT2D eigenvalue weighted by atomic mass is 10.1. The lowest BCUT2D eigenvalue weighted by Crippen LogP contribution is -2.05. The number of imidazole rings is 1. The molecular formula is C22H14Cl2FN3O2. The fraction of sp³-hybridized carbons (Fsp3) is 0.0455. The zero-order valence-electron chi connectivity index (χ0n) is 15.6. The minimum absolute atomic E-state index is 0.132. The minimum atomic E-state index is -1.24. The monoisotopic (exact) mass is 441 g/mol. The molecule has 0 bridgehead atoms. The van der Waals surface area contributed by atoms with Crippen molar-refractivity contribution in [1.29, 1.82) is 0 Å². The first-order valence-corrected chi connectivity index (χ1v) is 9.61. The van der Waals surface area contributed by atoms with Gasteiger partial charge in [-0.15, -0.1) is 0 Å². The van der Waals surface area contributed by atoms with E-state index < -0.39 is 11.8 Å². The van der Waals surface area contributed by atoms with E-state index in [0.717, 1.165) is 5.56 Å². The molecule has 150 valence electrons. The Morgan fingerprint density at radius 1 is 1.07 bits per heavy atom. The summed E-state index contributed by atoms with van der Waals surface area (Å²) in [5.74, 6) is -1.11. The predicted molar refractivity (Wildman–Crippen MR) is 114 cm³/mol. The highest BCUT2D eigenvalue weighted by Crippen LogP contribution is 2.35. The van der Waals surface area contributed by atoms with Crippen molar-refractivity contribution in [2.45, 2.75) is 6.92 Å². The van der Waals surface area contributed by atoms with E-state index in [-0.39, 0.29) is 16.4 Å². The van der Waals surface area contributed by atoms with Gasteiger partial charge in [-0.3, -0.25) is 4.57 Å². The number of carboxylic acids is 1. The van der Waals surface area contributed by atoms with Gasteiger partial charge in [0.2, 0.25) is 0 Å². The molecule has 0 aliphatic rings. The fourth-order valence-electron chi connectivity index (χ4n) is 3.20. The highest BCUT2D eigenvalue weighted by atomic mass is 35.5. The maximum atomic E-state index is 13.8. The molecule has 8 heteroatoms. The SMILES string of the molecule is Cc1cccc(-c2nc(C(=O)O)c(-c3ccc(F)c(Cl)c3)n2-c2cc(Cl)ccn2)c1. The first kappa shape index (κ1) is 20.1. The van der Waals surface area contributed by atoms with Crippen LogP contribution in [-0.2, 0) is 0 Å². The van der Waals surface area contributed by atoms with Crippen molar-refractivity contribution in [3.63, 3.8) is 0 Å². The Hall–Kier alpha value is -3.22. The zero-order valence-corrected chi connectivity index (χ0v) is 17.1. The lowest BCUT2D eigenvalue weighted by Gasteiger charge is -2.13. The van der Waals surface area contributed by atoms with E-state index in [2.05, 4.69) is 9.97 Å². The molecule has 0 aliphatic carbocycles. The van der Waals surface area contributed by atoms with E-state index in [9.17, 15) is 14.3 Å². The molecule has 2 heterocycles. The first-order valence-electron chi connectivity index (χ1n) is 8.85. The molecule has 4 rings (SSSR count). The van der Waals surface area contributed by atoms with Crippen LogP contribution in [0.15, 0.2) is 60.8 Å². The number of pyridine rings is 1. The Morgan fingerprint density at radius 3 is 2.53 bits per heavy atom. The molecule has 2 aromatic heterocycles. The van der Waals surface area contributed by atoms with Crippen LogP contribution in [0.3, 0.4) is 0 Å². The van der Waals surface area contributed by atoms with Gasteiger partial charge < -0.3 is 5.11 Å². The van der Waals surface area contributed by atoms with Crippen molar-refractivity contribution < 1.29 is 14.3 Å². The van der Waals surface area contributed by atoms with E-state index in [4.69, 9.17) is 23.2 Å². The third-order valence-electron chi connectivity index (χ3n) is 4.49. The van der Waals surface area contributed by atoms with Crippen molar-refractivity contribution in [2.75, 3.05) is 0 Å². The highest BCUT2D eigenvalue weighted by Gasteiger charge is 2.26. The molecule has 0 amide bonds. The van der Waals surface area contributed by atoms with Crippen molar-refractivity contribution in [3.05, 3.63) is 87.9 Å². The average Bonchev–Trinajstić information content (AvgIpc) is 3.11. The van der Waals surface area contributed by atoms with Gasteiger partial charge in [-0.05, 0) is 37.3 Å². The van der Waals surface area contributed by atoms with Crippen molar-refractivity contribution in [1.82, 2.24) is 14.5 Å². The van der Waals surface area contributed by atoms with Crippen LogP contribution in [0, 0.1) is 12.7 Å². The van der Waals surface area contributed by atoms with Gasteiger partial charge in [0.1, 0.15) is 17.5 Å². The van der Waals surface area contributed by atoms with Crippen LogP contribution < -0.4 is 0 Å². The molecule has 1 N–H and O–H groups in total. The number of benzene rings is 2. The molecule has 0 unspecified atom stereocenters. The number of halogens is 3. The second kappa shape index (κ2) is 7.89. The Morgan fingerprint density at radius 2 is 1.87 bits per heavy atom. The molecule has 0 spiro atoms. The summed E-state index contributed by atoms with van der Waals surface area (Å²) in [4.78, 5) is 20.8. The van der Waals surface area contributed by atoms with Crippen LogP contribution in [0.1, 0.15) is 16.1 Å². The van der Waals surface area contributed by atoms with E-state index in [0.29, 0.717) is 27.8 Å². The molecule has 0 radical (unpaired) electrons. The van der Waals surface area contributed by atoms with Crippen LogP contribution in [0.5, 0.6) is 0 Å². The van der Waals surface area contributed by atoms with Crippen LogP contribution in [-0.4, -0.2) is 25.6 Å². The van der Waals surface area contributed by atoms with E-state index in [1.807, 2.05) is 31.2 Å². The smallest absolute Gasteiger partial charge is 0.356 e. The largest absolute Gasteiger partial charge is 0.476 e. The van der Waals surface area contributed by atoms with Crippen molar-refractivity contribution in [3.8, 4) is 28.5 Å². The number of aryl methyl sites for hydroxylation is 1. The van der Waals surface area contributed by atoms with E-state index in [1.165, 1.54) is 24.4 Å². The summed E-state index contributed by atoms with van der Waals surface area (Å²) >= 11 is 12.1. The van der Waals surface area contributed by atoms with E-state index >= 15 is 0 Å². The van der Waals surface area contributed by atoms with Gasteiger partial charge in [-0.2, -0.15) is 0 Å². The topological polar surface area (TPSA) is 68.0 Å². The number of carboxylic acid groups (broad SMARTS) is 1. The van der Waals surface area contributed by atoms with Crippen molar-refractivity contribution >= 4 is 29.2 Å². The number of nitrogens with zero attached hydrogens (tertiary/aromatic N) is 3. The quantitative estimate of drug-likeness (QED) is 0.418. The first-order chi connectivity index (χ1) is 14.3. The Labute approximate surface area is 181 Å². The summed E-state index contributed by atoms with van der Waals surface area (Å²) < 4.78 is 15.4. The number of hydrogen-bond donors (Lipinski definition) is 1. The molecule has 30 heavy (non-hydrogen) atoms. The molecular weight excluding hydrogens is 428 g/mol. The Balaban J connectivity index is 2.12. The van der Waals surface area contributed by atoms with Gasteiger partial charge in [0, 0.05) is 28.4 Å². The lowest BCUT2D eigenvalue weighted by molar-refractivity contribution is 0.0692. The molecule has 5 nitrogen and oxygen atoms in total. The summed E-state index contributed by atoms with van der Waals surface area (Å²) in [5, 5.41) is 10.2. The van der Waals surface area contributed by atoms with Crippen LogP contribution in [0.4, 0.5) is 4.39 Å². The number of aromatic carboxylic acids is 1. The molecule has 2 aromatic carbocycles. The number of carbonyl (C=O) groups is 1. The van der Waals surface area contributed by atoms with Crippen LogP contribution in [0.25, 0.3) is 28.5 Å². The van der Waals surface area contributed by atoms with Gasteiger partial charge >= 0.3 is 5.97 Å². The van der Waals surface area contributed by atoms with Gasteiger partial charge in [0.25, 0.3) is 0 Å². The van der Waals surface area contributed by atoms with Gasteiger partial charge in [0.05, 0.1) is 10.7 Å². The van der Waals surface area contributed by atoms with Gasteiger partial charge in [0.15, 0.2) is 5.69 Å². The maximum absolute atomic E-state index is 13.8. The zero-order chi connectivity index (χ0) is 21.4.